The molecule has 1 heterocycles. The van der Waals surface area contributed by atoms with E-state index in [2.05, 4.69) is 13.8 Å². The minimum Gasteiger partial charge on any atom is -0.462 e. The number of nitrogens with two attached hydrogens (primary N) is 1. The molecule has 2 aliphatic rings. The van der Waals surface area contributed by atoms with Crippen LogP contribution in [-0.4, -0.2) is 17.6 Å². The largest absolute Gasteiger partial charge is 0.462 e. The number of halogens is 1. The fraction of sp³-hybridized carbons (Fsp3) is 0.938. The van der Waals surface area contributed by atoms with Crippen molar-refractivity contribution in [2.45, 2.75) is 83.3 Å². The summed E-state index contributed by atoms with van der Waals surface area (Å²) in [4.78, 5) is 11.9. The third kappa shape index (κ3) is 3.88. The van der Waals surface area contributed by atoms with Gasteiger partial charge in [0.1, 0.15) is 6.10 Å². The lowest BCUT2D eigenvalue weighted by atomic mass is 9.71. The predicted octanol–water partition coefficient (Wildman–Crippen LogP) is 3.83. The Bertz CT molecular complexity index is 316. The van der Waals surface area contributed by atoms with Gasteiger partial charge in [-0.3, -0.25) is 4.79 Å². The van der Waals surface area contributed by atoms with Gasteiger partial charge in [0.25, 0.3) is 0 Å². The summed E-state index contributed by atoms with van der Waals surface area (Å²) in [7, 11) is 0. The normalized spacial score (nSPS) is 30.4. The van der Waals surface area contributed by atoms with Crippen molar-refractivity contribution >= 4 is 18.4 Å². The van der Waals surface area contributed by atoms with E-state index in [1.807, 2.05) is 0 Å². The van der Waals surface area contributed by atoms with Crippen LogP contribution >= 0.6 is 12.4 Å². The van der Waals surface area contributed by atoms with Gasteiger partial charge in [-0.2, -0.15) is 0 Å². The quantitative estimate of drug-likeness (QED) is 0.785. The van der Waals surface area contributed by atoms with Gasteiger partial charge in [0.05, 0.1) is 5.92 Å². The number of carbonyl (C=O) groups is 1. The lowest BCUT2D eigenvalue weighted by Crippen LogP contribution is -2.51. The van der Waals surface area contributed by atoms with Crippen molar-refractivity contribution in [2.75, 3.05) is 0 Å². The van der Waals surface area contributed by atoms with E-state index in [-0.39, 0.29) is 35.9 Å². The maximum Gasteiger partial charge on any atom is 0.309 e. The molecule has 1 aliphatic carbocycles. The van der Waals surface area contributed by atoms with Crippen LogP contribution in [0.5, 0.6) is 0 Å². The number of unbranched alkanes of at least 4 members (excludes halogenated alkanes) is 1. The van der Waals surface area contributed by atoms with E-state index in [1.165, 1.54) is 19.3 Å². The molecule has 0 aromatic rings. The van der Waals surface area contributed by atoms with Crippen molar-refractivity contribution in [3.63, 3.8) is 0 Å². The Morgan fingerprint density at radius 3 is 2.60 bits per heavy atom. The zero-order valence-electron chi connectivity index (χ0n) is 12.9. The second-order valence-corrected chi connectivity index (χ2v) is 6.63. The standard InChI is InChI=1S/C16H29NO2.ClH/c1-3-4-8-13-11-14(19-15(13)18)12(2)16(17)9-6-5-7-10-16;/h12-14H,3-11,17H2,1-2H3;1H/t12-,13-,14+;/m1./s1. The average molecular weight is 304 g/mol. The molecule has 1 saturated heterocycles. The molecule has 0 aromatic carbocycles. The first kappa shape index (κ1) is 17.8. The molecule has 3 nitrogen and oxygen atoms in total. The van der Waals surface area contributed by atoms with E-state index in [4.69, 9.17) is 10.5 Å². The van der Waals surface area contributed by atoms with Crippen LogP contribution in [0.4, 0.5) is 0 Å². The summed E-state index contributed by atoms with van der Waals surface area (Å²) in [6.07, 6.45) is 10.1. The first-order valence-corrected chi connectivity index (χ1v) is 8.06. The molecule has 118 valence electrons. The van der Waals surface area contributed by atoms with E-state index in [0.29, 0.717) is 5.92 Å². The van der Waals surface area contributed by atoms with Gasteiger partial charge in [-0.1, -0.05) is 46.0 Å². The van der Waals surface area contributed by atoms with Crippen LogP contribution in [0.1, 0.15) is 71.6 Å². The Morgan fingerprint density at radius 2 is 2.00 bits per heavy atom. The van der Waals surface area contributed by atoms with Crippen molar-refractivity contribution in [3.8, 4) is 0 Å². The van der Waals surface area contributed by atoms with E-state index in [9.17, 15) is 4.79 Å². The number of carbonyl (C=O) groups excluding carboxylic acids is 1. The molecule has 0 bridgehead atoms. The zero-order valence-corrected chi connectivity index (χ0v) is 13.7. The van der Waals surface area contributed by atoms with Crippen LogP contribution in [-0.2, 0) is 9.53 Å². The molecule has 1 saturated carbocycles. The van der Waals surface area contributed by atoms with Gasteiger partial charge in [-0.15, -0.1) is 12.4 Å². The SMILES string of the molecule is CCCC[C@@H]1C[C@@H]([C@@H](C)C2(N)CCCCC2)OC1=O.Cl. The van der Waals surface area contributed by atoms with Crippen molar-refractivity contribution in [1.82, 2.24) is 0 Å². The van der Waals surface area contributed by atoms with Gasteiger partial charge < -0.3 is 10.5 Å². The number of cyclic esters (lactones) is 1. The van der Waals surface area contributed by atoms with Crippen LogP contribution in [0, 0.1) is 11.8 Å². The highest BCUT2D eigenvalue weighted by molar-refractivity contribution is 5.85. The number of hydrogen-bond acceptors (Lipinski definition) is 3. The molecule has 0 aromatic heterocycles. The van der Waals surface area contributed by atoms with Crippen LogP contribution in [0.3, 0.4) is 0 Å². The number of hydrogen-bond donors (Lipinski definition) is 1. The van der Waals surface area contributed by atoms with Crippen molar-refractivity contribution < 1.29 is 9.53 Å². The molecule has 0 spiro atoms. The lowest BCUT2D eigenvalue weighted by molar-refractivity contribution is -0.146. The van der Waals surface area contributed by atoms with Crippen molar-refractivity contribution in [3.05, 3.63) is 0 Å². The first-order valence-electron chi connectivity index (χ1n) is 8.06. The number of ether oxygens (including phenoxy) is 1. The van der Waals surface area contributed by atoms with Crippen molar-refractivity contribution in [2.24, 2.45) is 17.6 Å². The Balaban J connectivity index is 0.00000200. The molecule has 1 aliphatic heterocycles. The predicted molar refractivity (Wildman–Crippen MR) is 83.9 cm³/mol. The summed E-state index contributed by atoms with van der Waals surface area (Å²) in [5.74, 6) is 0.438. The van der Waals surface area contributed by atoms with E-state index < -0.39 is 0 Å². The average Bonchev–Trinajstić information content (AvgIpc) is 2.77. The van der Waals surface area contributed by atoms with E-state index in [1.54, 1.807) is 0 Å². The molecule has 2 N–H and O–H groups in total. The van der Waals surface area contributed by atoms with Gasteiger partial charge in [0, 0.05) is 11.5 Å². The van der Waals surface area contributed by atoms with Crippen molar-refractivity contribution in [1.29, 1.82) is 0 Å². The topological polar surface area (TPSA) is 52.3 Å². The second-order valence-electron chi connectivity index (χ2n) is 6.63. The van der Waals surface area contributed by atoms with E-state index in [0.717, 1.165) is 38.5 Å². The third-order valence-corrected chi connectivity index (χ3v) is 5.27. The molecule has 3 atom stereocenters. The minimum absolute atomic E-state index is 0. The number of rotatable bonds is 5. The summed E-state index contributed by atoms with van der Waals surface area (Å²) in [6, 6.07) is 0. The maximum absolute atomic E-state index is 11.9. The van der Waals surface area contributed by atoms with Gasteiger partial charge in [-0.25, -0.2) is 0 Å². The molecular formula is C16H30ClNO2. The molecule has 4 heteroatoms. The zero-order chi connectivity index (χ0) is 13.9. The summed E-state index contributed by atoms with van der Waals surface area (Å²) in [5.41, 5.74) is 6.47. The fourth-order valence-corrected chi connectivity index (χ4v) is 3.70. The monoisotopic (exact) mass is 303 g/mol. The van der Waals surface area contributed by atoms with Crippen LogP contribution in [0.25, 0.3) is 0 Å². The maximum atomic E-state index is 11.9. The summed E-state index contributed by atoms with van der Waals surface area (Å²) >= 11 is 0. The van der Waals surface area contributed by atoms with Crippen LogP contribution in [0.15, 0.2) is 0 Å². The molecule has 0 amide bonds. The van der Waals surface area contributed by atoms with Gasteiger partial charge in [0.15, 0.2) is 0 Å². The molecule has 0 radical (unpaired) electrons. The number of esters is 1. The summed E-state index contributed by atoms with van der Waals surface area (Å²) in [6.45, 7) is 4.35. The molecule has 2 fully saturated rings. The smallest absolute Gasteiger partial charge is 0.309 e. The Labute approximate surface area is 129 Å². The molecule has 0 unspecified atom stereocenters. The van der Waals surface area contributed by atoms with E-state index >= 15 is 0 Å². The van der Waals surface area contributed by atoms with Gasteiger partial charge >= 0.3 is 5.97 Å². The highest BCUT2D eigenvalue weighted by atomic mass is 35.5. The van der Waals surface area contributed by atoms with Gasteiger partial charge in [-0.05, 0) is 25.7 Å². The van der Waals surface area contributed by atoms with Crippen LogP contribution < -0.4 is 5.73 Å². The highest BCUT2D eigenvalue weighted by Crippen LogP contribution is 2.39. The first-order chi connectivity index (χ1) is 9.07. The van der Waals surface area contributed by atoms with Gasteiger partial charge in [0.2, 0.25) is 0 Å². The molecule has 20 heavy (non-hydrogen) atoms. The Kier molecular flexibility index (Phi) is 6.80. The Morgan fingerprint density at radius 1 is 1.35 bits per heavy atom. The summed E-state index contributed by atoms with van der Waals surface area (Å²) < 4.78 is 5.63. The lowest BCUT2D eigenvalue weighted by Gasteiger charge is -2.40. The Hall–Kier alpha value is -0.280. The minimum atomic E-state index is -0.108. The summed E-state index contributed by atoms with van der Waals surface area (Å²) in [5, 5.41) is 0. The highest BCUT2D eigenvalue weighted by Gasteiger charge is 2.44. The molecule has 2 rings (SSSR count). The van der Waals surface area contributed by atoms with Crippen LogP contribution in [0.2, 0.25) is 0 Å². The fourth-order valence-electron chi connectivity index (χ4n) is 3.70. The third-order valence-electron chi connectivity index (χ3n) is 5.27. The molecular weight excluding hydrogens is 274 g/mol. The second kappa shape index (κ2) is 7.65.